The quantitative estimate of drug-likeness (QED) is 0.821. The van der Waals surface area contributed by atoms with Crippen LogP contribution >= 0.6 is 24.8 Å². The average molecular weight is 384 g/mol. The van der Waals surface area contributed by atoms with Gasteiger partial charge in [0.15, 0.2) is 0 Å². The van der Waals surface area contributed by atoms with Crippen molar-refractivity contribution in [2.45, 2.75) is 38.8 Å². The normalized spacial score (nSPS) is 17.9. The predicted molar refractivity (Wildman–Crippen MR) is 97.0 cm³/mol. The number of carbonyl (C=O) groups is 1. The van der Waals surface area contributed by atoms with Crippen molar-refractivity contribution in [1.29, 1.82) is 0 Å². The summed E-state index contributed by atoms with van der Waals surface area (Å²) < 4.78 is 27.5. The standard InChI is InChI=1S/C16H23F2N3O.2ClH/c1-10(2)8-14(19)16(22)20-11-6-7-21(9-11)15-12(17)4-3-5-13(15)18;;/h3-5,10-11,14H,6-9,19H2,1-2H3,(H,20,22);2*1H/t11?,14-;;/m0../s1. The zero-order valence-corrected chi connectivity index (χ0v) is 15.4. The number of anilines is 1. The van der Waals surface area contributed by atoms with Crippen LogP contribution in [0.1, 0.15) is 26.7 Å². The van der Waals surface area contributed by atoms with Gasteiger partial charge < -0.3 is 16.0 Å². The Morgan fingerprint density at radius 3 is 2.46 bits per heavy atom. The summed E-state index contributed by atoms with van der Waals surface area (Å²) in [6.07, 6.45) is 1.26. The van der Waals surface area contributed by atoms with Crippen LogP contribution in [0.3, 0.4) is 0 Å². The molecule has 1 aromatic rings. The van der Waals surface area contributed by atoms with Crippen LogP contribution in [0.5, 0.6) is 0 Å². The van der Waals surface area contributed by atoms with Gasteiger partial charge in [0.2, 0.25) is 5.91 Å². The first-order chi connectivity index (χ1) is 10.4. The molecule has 1 fully saturated rings. The van der Waals surface area contributed by atoms with Crippen molar-refractivity contribution < 1.29 is 13.6 Å². The second kappa shape index (κ2) is 10.0. The van der Waals surface area contributed by atoms with Gasteiger partial charge in [-0.25, -0.2) is 8.78 Å². The summed E-state index contributed by atoms with van der Waals surface area (Å²) in [6, 6.07) is 3.14. The Kier molecular flexibility index (Phi) is 9.55. The molecule has 0 saturated carbocycles. The molecule has 0 aromatic heterocycles. The summed E-state index contributed by atoms with van der Waals surface area (Å²) in [6.45, 7) is 4.90. The highest BCUT2D eigenvalue weighted by Crippen LogP contribution is 2.26. The smallest absolute Gasteiger partial charge is 0.237 e. The first-order valence-electron chi connectivity index (χ1n) is 7.63. The van der Waals surface area contributed by atoms with Crippen LogP contribution < -0.4 is 16.0 Å². The number of benzene rings is 1. The summed E-state index contributed by atoms with van der Waals surface area (Å²) in [5, 5.41) is 2.87. The minimum Gasteiger partial charge on any atom is -0.365 e. The molecule has 0 bridgehead atoms. The lowest BCUT2D eigenvalue weighted by Gasteiger charge is -2.21. The molecule has 1 unspecified atom stereocenters. The molecule has 1 saturated heterocycles. The minimum absolute atomic E-state index is 0. The van der Waals surface area contributed by atoms with Crippen molar-refractivity contribution in [3.05, 3.63) is 29.8 Å². The van der Waals surface area contributed by atoms with Gasteiger partial charge in [-0.1, -0.05) is 19.9 Å². The molecule has 1 aliphatic rings. The van der Waals surface area contributed by atoms with E-state index in [1.165, 1.54) is 18.2 Å². The van der Waals surface area contributed by atoms with Crippen molar-refractivity contribution in [3.8, 4) is 0 Å². The molecule has 2 rings (SSSR count). The molecule has 138 valence electrons. The topological polar surface area (TPSA) is 58.4 Å². The number of nitrogens with zero attached hydrogens (tertiary/aromatic N) is 1. The molecule has 3 N–H and O–H groups in total. The van der Waals surface area contributed by atoms with Gasteiger partial charge in [0.1, 0.15) is 17.3 Å². The summed E-state index contributed by atoms with van der Waals surface area (Å²) in [5.41, 5.74) is 5.82. The van der Waals surface area contributed by atoms with Gasteiger partial charge in [0.05, 0.1) is 6.04 Å². The first kappa shape index (κ1) is 22.9. The lowest BCUT2D eigenvalue weighted by molar-refractivity contribution is -0.123. The molecule has 1 aromatic carbocycles. The molecule has 0 spiro atoms. The molecule has 4 nitrogen and oxygen atoms in total. The lowest BCUT2D eigenvalue weighted by Crippen LogP contribution is -2.46. The maximum atomic E-state index is 13.8. The highest BCUT2D eigenvalue weighted by molar-refractivity contribution is 5.85. The average Bonchev–Trinajstić information content (AvgIpc) is 2.86. The minimum atomic E-state index is -0.580. The second-order valence-corrected chi connectivity index (χ2v) is 6.25. The Bertz CT molecular complexity index is 526. The number of hydrogen-bond donors (Lipinski definition) is 2. The Hall–Kier alpha value is -1.11. The van der Waals surface area contributed by atoms with E-state index in [-0.39, 0.29) is 42.5 Å². The van der Waals surface area contributed by atoms with E-state index in [0.29, 0.717) is 31.8 Å². The molecule has 1 amide bonds. The predicted octanol–water partition coefficient (Wildman–Crippen LogP) is 2.88. The number of rotatable bonds is 5. The highest BCUT2D eigenvalue weighted by atomic mass is 35.5. The Balaban J connectivity index is 0.00000264. The van der Waals surface area contributed by atoms with Crippen LogP contribution in [-0.4, -0.2) is 31.1 Å². The van der Waals surface area contributed by atoms with Gasteiger partial charge in [0.25, 0.3) is 0 Å². The van der Waals surface area contributed by atoms with Crippen LogP contribution in [-0.2, 0) is 4.79 Å². The number of amides is 1. The molecule has 0 radical (unpaired) electrons. The number of carbonyl (C=O) groups excluding carboxylic acids is 1. The molecule has 1 heterocycles. The van der Waals surface area contributed by atoms with Gasteiger partial charge in [-0.3, -0.25) is 4.79 Å². The number of nitrogens with two attached hydrogens (primary N) is 1. The summed E-state index contributed by atoms with van der Waals surface area (Å²) in [7, 11) is 0. The third kappa shape index (κ3) is 5.76. The van der Waals surface area contributed by atoms with E-state index in [0.717, 1.165) is 0 Å². The van der Waals surface area contributed by atoms with E-state index < -0.39 is 17.7 Å². The van der Waals surface area contributed by atoms with Crippen molar-refractivity contribution >= 4 is 36.4 Å². The summed E-state index contributed by atoms with van der Waals surface area (Å²) in [5.74, 6) is -1.02. The maximum Gasteiger partial charge on any atom is 0.237 e. The third-order valence-corrected chi connectivity index (χ3v) is 3.85. The Morgan fingerprint density at radius 1 is 1.33 bits per heavy atom. The molecule has 2 atom stereocenters. The monoisotopic (exact) mass is 383 g/mol. The number of halogens is 4. The summed E-state index contributed by atoms with van der Waals surface area (Å²) in [4.78, 5) is 13.6. The van der Waals surface area contributed by atoms with E-state index in [1.54, 1.807) is 4.90 Å². The molecule has 8 heteroatoms. The molecular weight excluding hydrogens is 359 g/mol. The van der Waals surface area contributed by atoms with Crippen LogP contribution in [0, 0.1) is 17.6 Å². The largest absolute Gasteiger partial charge is 0.365 e. The second-order valence-electron chi connectivity index (χ2n) is 6.25. The van der Waals surface area contributed by atoms with Gasteiger partial charge >= 0.3 is 0 Å². The van der Waals surface area contributed by atoms with Gasteiger partial charge in [-0.15, -0.1) is 24.8 Å². The summed E-state index contributed by atoms with van der Waals surface area (Å²) >= 11 is 0. The van der Waals surface area contributed by atoms with Crippen LogP contribution in [0.25, 0.3) is 0 Å². The number of para-hydroxylation sites is 1. The third-order valence-electron chi connectivity index (χ3n) is 3.85. The Morgan fingerprint density at radius 2 is 1.92 bits per heavy atom. The van der Waals surface area contributed by atoms with Crippen LogP contribution in [0.2, 0.25) is 0 Å². The highest BCUT2D eigenvalue weighted by Gasteiger charge is 2.28. The van der Waals surface area contributed by atoms with Crippen LogP contribution in [0.4, 0.5) is 14.5 Å². The van der Waals surface area contributed by atoms with Crippen molar-refractivity contribution in [2.75, 3.05) is 18.0 Å². The van der Waals surface area contributed by atoms with Crippen molar-refractivity contribution in [1.82, 2.24) is 5.32 Å². The van der Waals surface area contributed by atoms with E-state index in [1.807, 2.05) is 13.8 Å². The van der Waals surface area contributed by atoms with Crippen LogP contribution in [0.15, 0.2) is 18.2 Å². The molecule has 1 aliphatic heterocycles. The first-order valence-corrected chi connectivity index (χ1v) is 7.63. The van der Waals surface area contributed by atoms with E-state index in [2.05, 4.69) is 5.32 Å². The molecule has 24 heavy (non-hydrogen) atoms. The lowest BCUT2D eigenvalue weighted by atomic mass is 10.0. The van der Waals surface area contributed by atoms with Crippen molar-refractivity contribution in [2.24, 2.45) is 11.7 Å². The van der Waals surface area contributed by atoms with E-state index >= 15 is 0 Å². The molecule has 0 aliphatic carbocycles. The van der Waals surface area contributed by atoms with Crippen molar-refractivity contribution in [3.63, 3.8) is 0 Å². The molecular formula is C16H25Cl2F2N3O. The van der Waals surface area contributed by atoms with E-state index in [4.69, 9.17) is 5.73 Å². The van der Waals surface area contributed by atoms with Gasteiger partial charge in [-0.2, -0.15) is 0 Å². The number of nitrogens with one attached hydrogen (secondary N) is 1. The maximum absolute atomic E-state index is 13.8. The number of hydrogen-bond acceptors (Lipinski definition) is 3. The zero-order valence-electron chi connectivity index (χ0n) is 13.8. The van der Waals surface area contributed by atoms with Gasteiger partial charge in [0, 0.05) is 19.1 Å². The zero-order chi connectivity index (χ0) is 16.3. The fraction of sp³-hybridized carbons (Fsp3) is 0.562. The van der Waals surface area contributed by atoms with Gasteiger partial charge in [-0.05, 0) is 30.9 Å². The SMILES string of the molecule is CC(C)C[C@H](N)C(=O)NC1CCN(c2c(F)cccc2F)C1.Cl.Cl. The van der Waals surface area contributed by atoms with E-state index in [9.17, 15) is 13.6 Å². The fourth-order valence-electron chi connectivity index (χ4n) is 2.80. The Labute approximate surface area is 154 Å². The fourth-order valence-corrected chi connectivity index (χ4v) is 2.80.